The maximum atomic E-state index is 11.0. The van der Waals surface area contributed by atoms with Gasteiger partial charge in [-0.05, 0) is 61.7 Å². The van der Waals surface area contributed by atoms with Gasteiger partial charge in [0.15, 0.2) is 11.5 Å². The van der Waals surface area contributed by atoms with Crippen LogP contribution in [0.5, 0.6) is 17.2 Å². The molecule has 3 aromatic rings. The Morgan fingerprint density at radius 3 is 2.65 bits per heavy atom. The third-order valence-electron chi connectivity index (χ3n) is 6.25. The van der Waals surface area contributed by atoms with Crippen molar-refractivity contribution in [2.24, 2.45) is 5.18 Å². The van der Waals surface area contributed by atoms with E-state index in [1.54, 1.807) is 12.1 Å². The van der Waals surface area contributed by atoms with E-state index in [1.807, 2.05) is 36.4 Å². The molecule has 2 heterocycles. The summed E-state index contributed by atoms with van der Waals surface area (Å²) in [6.45, 7) is 6.43. The van der Waals surface area contributed by atoms with Gasteiger partial charge in [0.2, 0.25) is 0 Å². The molecule has 6 nitrogen and oxygen atoms in total. The fourth-order valence-electron chi connectivity index (χ4n) is 4.98. The van der Waals surface area contributed by atoms with Gasteiger partial charge in [0, 0.05) is 22.4 Å². The number of nitroso groups, excluding NO2 is 1. The fraction of sp³-hybridized carbons (Fsp3) is 0.214. The van der Waals surface area contributed by atoms with Gasteiger partial charge in [-0.1, -0.05) is 41.6 Å². The number of rotatable bonds is 4. The first-order valence-electron chi connectivity index (χ1n) is 11.2. The number of nitrogens with zero attached hydrogens (tertiary/aromatic N) is 1. The minimum atomic E-state index is -0.194. The van der Waals surface area contributed by atoms with Crippen molar-refractivity contribution in [2.75, 3.05) is 12.4 Å². The van der Waals surface area contributed by atoms with Gasteiger partial charge in [-0.2, -0.15) is 4.91 Å². The molecule has 2 N–H and O–H groups in total. The van der Waals surface area contributed by atoms with E-state index in [0.29, 0.717) is 22.8 Å². The quantitative estimate of drug-likeness (QED) is 0.422. The van der Waals surface area contributed by atoms with E-state index in [1.165, 1.54) is 7.11 Å². The van der Waals surface area contributed by atoms with Gasteiger partial charge in [-0.15, -0.1) is 0 Å². The van der Waals surface area contributed by atoms with Crippen molar-refractivity contribution in [1.29, 1.82) is 0 Å². The number of allylic oxidation sites excluding steroid dienone is 1. The Morgan fingerprint density at radius 2 is 1.88 bits per heavy atom. The van der Waals surface area contributed by atoms with Crippen LogP contribution >= 0.6 is 0 Å². The molecule has 0 bridgehead atoms. The number of benzene rings is 3. The maximum absolute atomic E-state index is 11.0. The van der Waals surface area contributed by atoms with Gasteiger partial charge in [0.05, 0.1) is 18.2 Å². The number of methoxy groups -OCH3 is 1. The monoisotopic (exact) mass is 454 g/mol. The van der Waals surface area contributed by atoms with Crippen LogP contribution in [0, 0.1) is 4.91 Å². The fourth-order valence-corrected chi connectivity index (χ4v) is 4.98. The molecule has 0 unspecified atom stereocenters. The smallest absolute Gasteiger partial charge is 0.172 e. The number of hydrogen-bond acceptors (Lipinski definition) is 6. The number of fused-ring (bicyclic) bond motifs is 5. The third kappa shape index (κ3) is 3.52. The summed E-state index contributed by atoms with van der Waals surface area (Å²) >= 11 is 0. The van der Waals surface area contributed by atoms with E-state index in [2.05, 4.69) is 43.4 Å². The molecule has 0 spiro atoms. The van der Waals surface area contributed by atoms with Crippen LogP contribution in [0.3, 0.4) is 0 Å². The number of ether oxygens (including phenoxy) is 2. The number of anilines is 1. The Hall–Kier alpha value is -4.06. The summed E-state index contributed by atoms with van der Waals surface area (Å²) in [7, 11) is 1.54. The second-order valence-corrected chi connectivity index (χ2v) is 9.17. The normalized spacial score (nSPS) is 16.4. The number of aromatic hydroxyl groups is 1. The molecule has 0 aromatic heterocycles. The van der Waals surface area contributed by atoms with Crippen LogP contribution in [0.4, 0.5) is 5.69 Å². The zero-order valence-corrected chi connectivity index (χ0v) is 19.6. The molecule has 5 rings (SSSR count). The van der Waals surface area contributed by atoms with Gasteiger partial charge in [-0.3, -0.25) is 0 Å². The highest BCUT2D eigenvalue weighted by atomic mass is 16.5. The van der Waals surface area contributed by atoms with Gasteiger partial charge in [0.1, 0.15) is 18.1 Å². The van der Waals surface area contributed by atoms with E-state index in [4.69, 9.17) is 9.47 Å². The Kier molecular flexibility index (Phi) is 5.16. The summed E-state index contributed by atoms with van der Waals surface area (Å²) in [5.41, 5.74) is 7.16. The van der Waals surface area contributed by atoms with E-state index in [9.17, 15) is 10.0 Å². The molecule has 6 heteroatoms. The van der Waals surface area contributed by atoms with Crippen molar-refractivity contribution in [2.45, 2.75) is 32.9 Å². The lowest BCUT2D eigenvalue weighted by Crippen LogP contribution is -2.32. The molecule has 0 aliphatic carbocycles. The molecule has 0 radical (unpaired) electrons. The average molecular weight is 455 g/mol. The summed E-state index contributed by atoms with van der Waals surface area (Å²) in [5.74, 6) is 1.66. The molecule has 0 fully saturated rings. The first-order chi connectivity index (χ1) is 16.3. The van der Waals surface area contributed by atoms with Crippen molar-refractivity contribution in [1.82, 2.24) is 0 Å². The van der Waals surface area contributed by atoms with E-state index >= 15 is 0 Å². The average Bonchev–Trinajstić information content (AvgIpc) is 2.79. The summed E-state index contributed by atoms with van der Waals surface area (Å²) in [6.07, 6.45) is 4.15. The molecule has 3 aromatic carbocycles. The summed E-state index contributed by atoms with van der Waals surface area (Å²) in [4.78, 5) is 11.0. The Labute approximate surface area is 198 Å². The van der Waals surface area contributed by atoms with Crippen molar-refractivity contribution in [3.05, 3.63) is 81.8 Å². The molecule has 0 saturated heterocycles. The molecule has 34 heavy (non-hydrogen) atoms. The van der Waals surface area contributed by atoms with E-state index in [0.717, 1.165) is 39.1 Å². The van der Waals surface area contributed by atoms with Crippen LogP contribution in [0.15, 0.2) is 59.8 Å². The van der Waals surface area contributed by atoms with Crippen molar-refractivity contribution >= 4 is 23.1 Å². The summed E-state index contributed by atoms with van der Waals surface area (Å²) in [6, 6.07) is 15.1. The van der Waals surface area contributed by atoms with Crippen molar-refractivity contribution in [3.63, 3.8) is 0 Å². The highest BCUT2D eigenvalue weighted by molar-refractivity contribution is 6.02. The lowest BCUT2D eigenvalue weighted by molar-refractivity contribution is 0.371. The predicted octanol–water partition coefficient (Wildman–Crippen LogP) is 6.83. The Bertz CT molecular complexity index is 1390. The van der Waals surface area contributed by atoms with E-state index < -0.39 is 0 Å². The first-order valence-corrected chi connectivity index (χ1v) is 11.2. The number of phenols is 1. The van der Waals surface area contributed by atoms with Crippen LogP contribution in [0.1, 0.15) is 43.0 Å². The van der Waals surface area contributed by atoms with Gasteiger partial charge in [0.25, 0.3) is 0 Å². The largest absolute Gasteiger partial charge is 0.504 e. The molecular formula is C28H26N2O4. The number of nitrogens with one attached hydrogen (secondary N) is 1. The second-order valence-electron chi connectivity index (χ2n) is 9.17. The molecule has 172 valence electrons. The highest BCUT2D eigenvalue weighted by Gasteiger charge is 2.33. The minimum absolute atomic E-state index is 0.0508. The zero-order chi connectivity index (χ0) is 24.0. The van der Waals surface area contributed by atoms with Crippen LogP contribution in [0.25, 0.3) is 28.5 Å². The van der Waals surface area contributed by atoms with Gasteiger partial charge in [-0.25, -0.2) is 0 Å². The topological polar surface area (TPSA) is 80.2 Å². The molecule has 0 amide bonds. The van der Waals surface area contributed by atoms with Gasteiger partial charge < -0.3 is 19.9 Å². The Morgan fingerprint density at radius 1 is 1.09 bits per heavy atom. The van der Waals surface area contributed by atoms with E-state index in [-0.39, 0.29) is 17.8 Å². The van der Waals surface area contributed by atoms with Crippen LogP contribution < -0.4 is 14.8 Å². The third-order valence-corrected chi connectivity index (χ3v) is 6.25. The minimum Gasteiger partial charge on any atom is -0.504 e. The molecule has 0 atom stereocenters. The van der Waals surface area contributed by atoms with Crippen LogP contribution in [-0.2, 0) is 6.54 Å². The lowest BCUT2D eigenvalue weighted by Gasteiger charge is -2.35. The SMILES string of the molecule is COc1c(O)ccc2c1-c1ccc3c(c1C(=Cc1ccccc1CN=O)O2)C(C)=CC(C)(C)N3. The van der Waals surface area contributed by atoms with Crippen LogP contribution in [0.2, 0.25) is 0 Å². The van der Waals surface area contributed by atoms with Crippen LogP contribution in [-0.4, -0.2) is 17.8 Å². The highest BCUT2D eigenvalue weighted by Crippen LogP contribution is 2.54. The first kappa shape index (κ1) is 21.8. The molecular weight excluding hydrogens is 428 g/mol. The van der Waals surface area contributed by atoms with Gasteiger partial charge >= 0.3 is 0 Å². The lowest BCUT2D eigenvalue weighted by atomic mass is 9.82. The maximum Gasteiger partial charge on any atom is 0.172 e. The Balaban J connectivity index is 1.83. The number of phenolic OH excluding ortho intramolecular Hbond substituents is 1. The predicted molar refractivity (Wildman–Crippen MR) is 136 cm³/mol. The van der Waals surface area contributed by atoms with Crippen molar-refractivity contribution < 1.29 is 14.6 Å². The second kappa shape index (κ2) is 8.06. The summed E-state index contributed by atoms with van der Waals surface area (Å²) < 4.78 is 12.0. The molecule has 0 saturated carbocycles. The number of hydrogen-bond donors (Lipinski definition) is 2. The standard InChI is InChI=1S/C28H26N2O4/c1-16-14-28(2,3)30-20-10-9-19-25(24(16)20)23(13-17-7-5-6-8-18(17)15-29-32)34-22-12-11-21(31)27(33-4)26(19)22/h5-14,30-31H,15H2,1-4H3. The van der Waals surface area contributed by atoms with Crippen molar-refractivity contribution in [3.8, 4) is 28.4 Å². The molecule has 2 aliphatic heterocycles. The zero-order valence-electron chi connectivity index (χ0n) is 19.6. The summed E-state index contributed by atoms with van der Waals surface area (Å²) in [5, 5.41) is 17.2. The molecule has 2 aliphatic rings.